The maximum Gasteiger partial charge on any atom is 0.326 e. The number of Topliss-reactive ketones (excluding diaryl/α,β-unsaturated/α-hetero) is 1. The maximum absolute atomic E-state index is 11.8. The van der Waals surface area contributed by atoms with Gasteiger partial charge < -0.3 is 21.1 Å². The number of H-pyrrole nitrogens is 1. The van der Waals surface area contributed by atoms with Crippen LogP contribution in [0.25, 0.3) is 0 Å². The van der Waals surface area contributed by atoms with Crippen LogP contribution < -0.4 is 11.1 Å². The van der Waals surface area contributed by atoms with Crippen molar-refractivity contribution >= 4 is 23.6 Å². The van der Waals surface area contributed by atoms with E-state index in [2.05, 4.69) is 10.3 Å². The van der Waals surface area contributed by atoms with Gasteiger partial charge in [-0.3, -0.25) is 14.4 Å². The molecule has 1 aromatic rings. The molecule has 108 valence electrons. The van der Waals surface area contributed by atoms with Gasteiger partial charge in [0.05, 0.1) is 0 Å². The molecule has 0 fully saturated rings. The fourth-order valence-corrected chi connectivity index (χ4v) is 1.51. The highest BCUT2D eigenvalue weighted by Gasteiger charge is 2.22. The van der Waals surface area contributed by atoms with Crippen molar-refractivity contribution < 1.29 is 24.3 Å². The van der Waals surface area contributed by atoms with Crippen LogP contribution in [0, 0.1) is 0 Å². The highest BCUT2D eigenvalue weighted by molar-refractivity contribution is 6.00. The highest BCUT2D eigenvalue weighted by Crippen LogP contribution is 2.06. The number of ketones is 1. The third kappa shape index (κ3) is 4.23. The number of carbonyl (C=O) groups excluding carboxylic acids is 3. The van der Waals surface area contributed by atoms with Crippen molar-refractivity contribution in [3.8, 4) is 0 Å². The Morgan fingerprint density at radius 2 is 2.05 bits per heavy atom. The summed E-state index contributed by atoms with van der Waals surface area (Å²) in [7, 11) is 0. The number of carboxylic acids is 1. The van der Waals surface area contributed by atoms with Crippen LogP contribution in [-0.2, 0) is 9.59 Å². The van der Waals surface area contributed by atoms with Crippen LogP contribution in [0.1, 0.15) is 40.6 Å². The van der Waals surface area contributed by atoms with Crippen LogP contribution in [-0.4, -0.2) is 39.7 Å². The summed E-state index contributed by atoms with van der Waals surface area (Å²) in [5.74, 6) is -2.81. The van der Waals surface area contributed by atoms with E-state index in [0.717, 1.165) is 0 Å². The van der Waals surface area contributed by atoms with Gasteiger partial charge in [0, 0.05) is 18.2 Å². The molecule has 1 aromatic heterocycles. The van der Waals surface area contributed by atoms with Gasteiger partial charge in [-0.2, -0.15) is 0 Å². The summed E-state index contributed by atoms with van der Waals surface area (Å²) in [5, 5.41) is 11.2. The average molecular weight is 281 g/mol. The number of aromatic amines is 1. The maximum atomic E-state index is 11.8. The number of hydrogen-bond acceptors (Lipinski definition) is 4. The number of rotatable bonds is 7. The summed E-state index contributed by atoms with van der Waals surface area (Å²) in [5.41, 5.74) is 5.32. The number of nitrogens with one attached hydrogen (secondary N) is 2. The number of aliphatic carboxylic acids is 1. The second-order valence-corrected chi connectivity index (χ2v) is 4.23. The Bertz CT molecular complexity index is 549. The van der Waals surface area contributed by atoms with Crippen LogP contribution in [0.2, 0.25) is 0 Å². The highest BCUT2D eigenvalue weighted by atomic mass is 16.4. The fourth-order valence-electron chi connectivity index (χ4n) is 1.51. The number of amides is 2. The van der Waals surface area contributed by atoms with Crippen molar-refractivity contribution in [3.05, 3.63) is 23.5 Å². The molecule has 8 heteroatoms. The normalized spacial score (nSPS) is 11.7. The number of carboxylic acid groups (broad SMARTS) is 1. The van der Waals surface area contributed by atoms with Gasteiger partial charge in [-0.25, -0.2) is 4.79 Å². The van der Waals surface area contributed by atoms with E-state index in [1.807, 2.05) is 0 Å². The van der Waals surface area contributed by atoms with Gasteiger partial charge in [0.1, 0.15) is 11.7 Å². The molecule has 2 amide bonds. The van der Waals surface area contributed by atoms with Gasteiger partial charge in [-0.1, -0.05) is 0 Å². The Morgan fingerprint density at radius 1 is 1.40 bits per heavy atom. The molecule has 1 unspecified atom stereocenters. The third-order valence-corrected chi connectivity index (χ3v) is 2.62. The van der Waals surface area contributed by atoms with E-state index in [4.69, 9.17) is 10.8 Å². The molecule has 0 aromatic carbocycles. The Labute approximate surface area is 114 Å². The second kappa shape index (κ2) is 6.50. The van der Waals surface area contributed by atoms with Crippen molar-refractivity contribution in [2.75, 3.05) is 0 Å². The van der Waals surface area contributed by atoms with Crippen LogP contribution in [0.3, 0.4) is 0 Å². The zero-order valence-electron chi connectivity index (χ0n) is 10.8. The number of primary amides is 1. The minimum absolute atomic E-state index is 0.0699. The first-order valence-electron chi connectivity index (χ1n) is 5.82. The largest absolute Gasteiger partial charge is 0.480 e. The van der Waals surface area contributed by atoms with Crippen molar-refractivity contribution in [3.63, 3.8) is 0 Å². The molecular weight excluding hydrogens is 266 g/mol. The Hall–Kier alpha value is -2.64. The fraction of sp³-hybridized carbons (Fsp3) is 0.333. The number of nitrogens with two attached hydrogens (primary N) is 1. The van der Waals surface area contributed by atoms with E-state index in [9.17, 15) is 19.2 Å². The molecule has 8 nitrogen and oxygen atoms in total. The molecule has 1 heterocycles. The number of aromatic nitrogens is 1. The average Bonchev–Trinajstić information content (AvgIpc) is 2.83. The van der Waals surface area contributed by atoms with Crippen molar-refractivity contribution in [1.82, 2.24) is 10.3 Å². The lowest BCUT2D eigenvalue weighted by Gasteiger charge is -2.12. The molecule has 0 bridgehead atoms. The lowest BCUT2D eigenvalue weighted by Crippen LogP contribution is -2.41. The molecule has 1 rings (SSSR count). The van der Waals surface area contributed by atoms with Crippen LogP contribution in [0.15, 0.2) is 12.3 Å². The molecular formula is C12H15N3O5. The molecule has 0 aliphatic carbocycles. The predicted octanol–water partition coefficient (Wildman–Crippen LogP) is -0.334. The molecule has 0 aliphatic rings. The van der Waals surface area contributed by atoms with Crippen LogP contribution in [0.4, 0.5) is 0 Å². The van der Waals surface area contributed by atoms with E-state index in [-0.39, 0.29) is 24.3 Å². The third-order valence-electron chi connectivity index (χ3n) is 2.62. The van der Waals surface area contributed by atoms with Gasteiger partial charge >= 0.3 is 5.97 Å². The molecule has 5 N–H and O–H groups in total. The second-order valence-electron chi connectivity index (χ2n) is 4.23. The van der Waals surface area contributed by atoms with E-state index in [0.29, 0.717) is 5.56 Å². The lowest BCUT2D eigenvalue weighted by atomic mass is 10.1. The lowest BCUT2D eigenvalue weighted by molar-refractivity contribution is -0.139. The molecule has 20 heavy (non-hydrogen) atoms. The first-order chi connectivity index (χ1) is 9.31. The Balaban J connectivity index is 2.72. The van der Waals surface area contributed by atoms with Crippen LogP contribution >= 0.6 is 0 Å². The number of carbonyl (C=O) groups is 4. The number of hydrogen-bond donors (Lipinski definition) is 4. The van der Waals surface area contributed by atoms with Gasteiger partial charge in [0.25, 0.3) is 5.91 Å². The molecule has 0 spiro atoms. The Morgan fingerprint density at radius 3 is 2.50 bits per heavy atom. The zero-order valence-corrected chi connectivity index (χ0v) is 10.8. The van der Waals surface area contributed by atoms with Crippen molar-refractivity contribution in [2.45, 2.75) is 25.8 Å². The van der Waals surface area contributed by atoms with Gasteiger partial charge in [0.2, 0.25) is 5.91 Å². The summed E-state index contributed by atoms with van der Waals surface area (Å²) in [6.07, 6.45) is 1.10. The summed E-state index contributed by atoms with van der Waals surface area (Å²) in [4.78, 5) is 47.1. The first kappa shape index (κ1) is 15.4. The van der Waals surface area contributed by atoms with Crippen molar-refractivity contribution in [1.29, 1.82) is 0 Å². The van der Waals surface area contributed by atoms with E-state index in [1.54, 1.807) is 0 Å². The first-order valence-corrected chi connectivity index (χ1v) is 5.82. The van der Waals surface area contributed by atoms with Crippen LogP contribution in [0.5, 0.6) is 0 Å². The molecule has 0 saturated carbocycles. The van der Waals surface area contributed by atoms with E-state index >= 15 is 0 Å². The molecule has 0 radical (unpaired) electrons. The van der Waals surface area contributed by atoms with Gasteiger partial charge in [-0.05, 0) is 19.4 Å². The SMILES string of the molecule is CC(=O)c1c[nH]c(C(=O)NC(CCC(N)=O)C(=O)O)c1. The van der Waals surface area contributed by atoms with Crippen molar-refractivity contribution in [2.24, 2.45) is 5.73 Å². The summed E-state index contributed by atoms with van der Waals surface area (Å²) in [6, 6.07) is 0.101. The van der Waals surface area contributed by atoms with E-state index < -0.39 is 23.8 Å². The zero-order chi connectivity index (χ0) is 15.3. The standard InChI is InChI=1S/C12H15N3O5/c1-6(16)7-4-9(14-5-7)11(18)15-8(12(19)20)2-3-10(13)17/h4-5,8,14H,2-3H2,1H3,(H2,13,17)(H,15,18)(H,19,20). The topological polar surface area (TPSA) is 142 Å². The minimum Gasteiger partial charge on any atom is -0.480 e. The van der Waals surface area contributed by atoms with E-state index in [1.165, 1.54) is 19.2 Å². The molecule has 1 atom stereocenters. The minimum atomic E-state index is -1.27. The summed E-state index contributed by atoms with van der Waals surface area (Å²) in [6.45, 7) is 1.35. The molecule has 0 aliphatic heterocycles. The monoisotopic (exact) mass is 281 g/mol. The Kier molecular flexibility index (Phi) is 5.01. The quantitative estimate of drug-likeness (QED) is 0.506. The predicted molar refractivity (Wildman–Crippen MR) is 68.1 cm³/mol. The smallest absolute Gasteiger partial charge is 0.326 e. The summed E-state index contributed by atoms with van der Waals surface area (Å²) < 4.78 is 0. The van der Waals surface area contributed by atoms with Gasteiger partial charge in [0.15, 0.2) is 5.78 Å². The summed E-state index contributed by atoms with van der Waals surface area (Å²) >= 11 is 0. The molecule has 0 saturated heterocycles. The van der Waals surface area contributed by atoms with Gasteiger partial charge in [-0.15, -0.1) is 0 Å².